The van der Waals surface area contributed by atoms with Crippen molar-refractivity contribution in [3.05, 3.63) is 45.5 Å². The zero-order valence-corrected chi connectivity index (χ0v) is 14.3. The van der Waals surface area contributed by atoms with Gasteiger partial charge in [0, 0.05) is 12.3 Å². The minimum Gasteiger partial charge on any atom is -0.314 e. The molecule has 0 fully saturated rings. The van der Waals surface area contributed by atoms with Crippen LogP contribution < -0.4 is 0 Å². The number of rotatable bonds is 11. The maximum absolute atomic E-state index is 12.2. The fourth-order valence-corrected chi connectivity index (χ4v) is 2.53. The van der Waals surface area contributed by atoms with Crippen LogP contribution in [-0.2, 0) is 16.1 Å². The second kappa shape index (κ2) is 9.98. The largest absolute Gasteiger partial charge is 0.314 e. The van der Waals surface area contributed by atoms with Crippen LogP contribution in [0.4, 0.5) is 0 Å². The lowest BCUT2D eigenvalue weighted by molar-refractivity contribution is -0.757. The van der Waals surface area contributed by atoms with E-state index in [1.807, 2.05) is 19.1 Å². The summed E-state index contributed by atoms with van der Waals surface area (Å²) in [7, 11) is 0. The van der Waals surface area contributed by atoms with Gasteiger partial charge in [0.1, 0.15) is 5.78 Å². The highest BCUT2D eigenvalue weighted by molar-refractivity contribution is 5.85. The summed E-state index contributed by atoms with van der Waals surface area (Å²) in [6, 6.07) is 8.30. The van der Waals surface area contributed by atoms with Gasteiger partial charge in [-0.3, -0.25) is 4.79 Å². The molecule has 0 N–H and O–H groups in total. The molecule has 0 spiro atoms. The van der Waals surface area contributed by atoms with Gasteiger partial charge in [-0.15, -0.1) is 10.1 Å². The molecule has 0 bridgehead atoms. The van der Waals surface area contributed by atoms with Crippen molar-refractivity contribution in [1.82, 2.24) is 0 Å². The Balaban J connectivity index is 2.34. The molecule has 128 valence electrons. The van der Waals surface area contributed by atoms with Crippen LogP contribution in [0.1, 0.15) is 63.5 Å². The maximum Gasteiger partial charge on any atom is 0.294 e. The van der Waals surface area contributed by atoms with Gasteiger partial charge in [-0.2, -0.15) is 0 Å². The molecule has 0 radical (unpaired) electrons. The summed E-state index contributed by atoms with van der Waals surface area (Å²) < 4.78 is 0. The SMILES string of the molecule is CC(C)Cc1ccc(C(C)C(=O)CCCCCO[N+](=O)[O-])cc1. The van der Waals surface area contributed by atoms with Crippen LogP contribution in [0.3, 0.4) is 0 Å². The van der Waals surface area contributed by atoms with Gasteiger partial charge >= 0.3 is 0 Å². The first kappa shape index (κ1) is 19.1. The topological polar surface area (TPSA) is 69.4 Å². The van der Waals surface area contributed by atoms with Gasteiger partial charge in [-0.05, 0) is 36.3 Å². The highest BCUT2D eigenvalue weighted by Crippen LogP contribution is 2.20. The number of unbranched alkanes of at least 4 members (excludes halogenated alkanes) is 2. The van der Waals surface area contributed by atoms with E-state index in [-0.39, 0.29) is 18.3 Å². The summed E-state index contributed by atoms with van der Waals surface area (Å²) in [5.74, 6) is 0.745. The average molecular weight is 321 g/mol. The Kier molecular flexibility index (Phi) is 8.30. The summed E-state index contributed by atoms with van der Waals surface area (Å²) in [5, 5.41) is 9.22. The van der Waals surface area contributed by atoms with Crippen molar-refractivity contribution in [2.24, 2.45) is 5.92 Å². The molecular formula is C18H27NO4. The van der Waals surface area contributed by atoms with Gasteiger partial charge in [0.05, 0.1) is 6.61 Å². The summed E-state index contributed by atoms with van der Waals surface area (Å²) >= 11 is 0. The molecule has 1 aromatic rings. The van der Waals surface area contributed by atoms with Crippen molar-refractivity contribution in [3.63, 3.8) is 0 Å². The first-order chi connectivity index (χ1) is 10.9. The molecule has 0 amide bonds. The molecule has 0 aliphatic heterocycles. The molecule has 0 heterocycles. The maximum atomic E-state index is 12.2. The Labute approximate surface area is 138 Å². The summed E-state index contributed by atoms with van der Waals surface area (Å²) in [5.41, 5.74) is 2.35. The highest BCUT2D eigenvalue weighted by Gasteiger charge is 2.14. The van der Waals surface area contributed by atoms with E-state index in [1.165, 1.54) is 5.56 Å². The number of ketones is 1. The van der Waals surface area contributed by atoms with Crippen LogP contribution in [0.5, 0.6) is 0 Å². The predicted molar refractivity (Wildman–Crippen MR) is 89.8 cm³/mol. The molecule has 0 aliphatic rings. The van der Waals surface area contributed by atoms with Crippen molar-refractivity contribution < 1.29 is 14.7 Å². The molecule has 0 saturated heterocycles. The van der Waals surface area contributed by atoms with Crippen LogP contribution in [0.2, 0.25) is 0 Å². The van der Waals surface area contributed by atoms with Crippen molar-refractivity contribution in [2.75, 3.05) is 6.61 Å². The second-order valence-corrected chi connectivity index (χ2v) is 6.40. The lowest BCUT2D eigenvalue weighted by Gasteiger charge is -2.12. The van der Waals surface area contributed by atoms with Crippen LogP contribution in [0.15, 0.2) is 24.3 Å². The van der Waals surface area contributed by atoms with Crippen molar-refractivity contribution in [3.8, 4) is 0 Å². The fraction of sp³-hybridized carbons (Fsp3) is 0.611. The molecule has 0 saturated carbocycles. The third kappa shape index (κ3) is 7.77. The Morgan fingerprint density at radius 1 is 1.13 bits per heavy atom. The quantitative estimate of drug-likeness (QED) is 0.345. The standard InChI is InChI=1S/C18H27NO4/c1-14(2)13-16-8-10-17(11-9-16)15(3)18(20)7-5-4-6-12-23-19(21)22/h8-11,14-15H,4-7,12-13H2,1-3H3. The van der Waals surface area contributed by atoms with E-state index >= 15 is 0 Å². The number of carbonyl (C=O) groups excluding carboxylic acids is 1. The third-order valence-electron chi connectivity index (χ3n) is 3.87. The smallest absolute Gasteiger partial charge is 0.294 e. The number of nitrogens with zero attached hydrogens (tertiary/aromatic N) is 1. The minimum atomic E-state index is -0.782. The third-order valence-corrected chi connectivity index (χ3v) is 3.87. The Hall–Kier alpha value is -1.91. The fourth-order valence-electron chi connectivity index (χ4n) is 2.53. The second-order valence-electron chi connectivity index (χ2n) is 6.40. The molecule has 1 rings (SSSR count). The zero-order chi connectivity index (χ0) is 17.2. The lowest BCUT2D eigenvalue weighted by Crippen LogP contribution is -2.09. The average Bonchev–Trinajstić information content (AvgIpc) is 2.49. The number of hydrogen-bond acceptors (Lipinski definition) is 4. The van der Waals surface area contributed by atoms with Gasteiger partial charge in [0.15, 0.2) is 0 Å². The minimum absolute atomic E-state index is 0.0990. The van der Waals surface area contributed by atoms with Crippen LogP contribution >= 0.6 is 0 Å². The van der Waals surface area contributed by atoms with E-state index < -0.39 is 5.09 Å². The summed E-state index contributed by atoms with van der Waals surface area (Å²) in [6.07, 6.45) is 3.67. The zero-order valence-electron chi connectivity index (χ0n) is 14.3. The van der Waals surface area contributed by atoms with E-state index in [0.717, 1.165) is 24.8 Å². The van der Waals surface area contributed by atoms with Gasteiger partial charge in [0.25, 0.3) is 5.09 Å². The summed E-state index contributed by atoms with van der Waals surface area (Å²) in [6.45, 7) is 6.43. The lowest BCUT2D eigenvalue weighted by atomic mass is 9.92. The molecule has 1 aromatic carbocycles. The summed E-state index contributed by atoms with van der Waals surface area (Å²) in [4.78, 5) is 26.4. The van der Waals surface area contributed by atoms with E-state index in [1.54, 1.807) is 0 Å². The van der Waals surface area contributed by atoms with Gasteiger partial charge in [-0.25, -0.2) is 0 Å². The number of benzene rings is 1. The molecule has 0 aromatic heterocycles. The first-order valence-electron chi connectivity index (χ1n) is 8.29. The van der Waals surface area contributed by atoms with E-state index in [2.05, 4.69) is 30.8 Å². The van der Waals surface area contributed by atoms with Crippen LogP contribution in [-0.4, -0.2) is 17.5 Å². The number of hydrogen-bond donors (Lipinski definition) is 0. The van der Waals surface area contributed by atoms with Gasteiger partial charge < -0.3 is 4.84 Å². The molecule has 1 unspecified atom stereocenters. The Bertz CT molecular complexity index is 496. The van der Waals surface area contributed by atoms with Crippen LogP contribution in [0, 0.1) is 16.0 Å². The van der Waals surface area contributed by atoms with Crippen molar-refractivity contribution in [1.29, 1.82) is 0 Å². The molecule has 1 atom stereocenters. The molecule has 23 heavy (non-hydrogen) atoms. The molecule has 5 heteroatoms. The molecular weight excluding hydrogens is 294 g/mol. The Morgan fingerprint density at radius 2 is 1.78 bits per heavy atom. The van der Waals surface area contributed by atoms with Gasteiger partial charge in [-0.1, -0.05) is 51.5 Å². The predicted octanol–water partition coefficient (Wildman–Crippen LogP) is 4.33. The van der Waals surface area contributed by atoms with E-state index in [9.17, 15) is 14.9 Å². The molecule has 0 aliphatic carbocycles. The normalized spacial score (nSPS) is 12.2. The van der Waals surface area contributed by atoms with Crippen molar-refractivity contribution >= 4 is 5.78 Å². The first-order valence-corrected chi connectivity index (χ1v) is 8.29. The van der Waals surface area contributed by atoms with E-state index in [4.69, 9.17) is 0 Å². The van der Waals surface area contributed by atoms with Gasteiger partial charge in [0.2, 0.25) is 0 Å². The number of carbonyl (C=O) groups is 1. The van der Waals surface area contributed by atoms with Crippen molar-refractivity contribution in [2.45, 2.75) is 58.8 Å². The monoisotopic (exact) mass is 321 g/mol. The number of Topliss-reactive ketones (excluding diaryl/α,β-unsaturated/α-hetero) is 1. The highest BCUT2D eigenvalue weighted by atomic mass is 16.9. The Morgan fingerprint density at radius 3 is 2.35 bits per heavy atom. The van der Waals surface area contributed by atoms with E-state index in [0.29, 0.717) is 18.8 Å². The molecule has 5 nitrogen and oxygen atoms in total. The van der Waals surface area contributed by atoms with Crippen LogP contribution in [0.25, 0.3) is 0 Å².